The number of hydrogen-bond donors (Lipinski definition) is 3. The Hall–Kier alpha value is -4.24. The van der Waals surface area contributed by atoms with Gasteiger partial charge in [0.1, 0.15) is 6.07 Å². The highest BCUT2D eigenvalue weighted by atomic mass is 35.5. The van der Waals surface area contributed by atoms with Crippen LogP contribution in [0.5, 0.6) is 0 Å². The molecule has 0 unspecified atom stereocenters. The molecule has 3 aromatic rings. The summed E-state index contributed by atoms with van der Waals surface area (Å²) in [6.07, 6.45) is -0.908. The van der Waals surface area contributed by atoms with E-state index in [2.05, 4.69) is 25.9 Å². The second-order valence-electron chi connectivity index (χ2n) is 6.40. The van der Waals surface area contributed by atoms with E-state index in [1.807, 2.05) is 6.07 Å². The molecule has 0 saturated heterocycles. The van der Waals surface area contributed by atoms with Crippen molar-refractivity contribution in [1.29, 1.82) is 10.7 Å². The van der Waals surface area contributed by atoms with Crippen molar-refractivity contribution in [2.75, 3.05) is 10.7 Å². The van der Waals surface area contributed by atoms with Gasteiger partial charge in [0.2, 0.25) is 0 Å². The van der Waals surface area contributed by atoms with Crippen LogP contribution >= 0.6 is 11.6 Å². The van der Waals surface area contributed by atoms with E-state index in [0.717, 1.165) is 24.8 Å². The van der Waals surface area contributed by atoms with E-state index in [1.54, 1.807) is 18.2 Å². The molecule has 9 nitrogen and oxygen atoms in total. The molecule has 3 rings (SSSR count). The molecule has 33 heavy (non-hydrogen) atoms. The van der Waals surface area contributed by atoms with Gasteiger partial charge in [0.15, 0.2) is 11.5 Å². The number of carbonyl (C=O) groups is 1. The Morgan fingerprint density at radius 1 is 1.33 bits per heavy atom. The molecule has 0 atom stereocenters. The number of nitriles is 1. The van der Waals surface area contributed by atoms with Crippen molar-refractivity contribution < 1.29 is 18.0 Å². The first kappa shape index (κ1) is 23.4. The second-order valence-corrected chi connectivity index (χ2v) is 6.80. The number of benzene rings is 1. The predicted molar refractivity (Wildman–Crippen MR) is 116 cm³/mol. The monoisotopic (exact) mass is 474 g/mol. The van der Waals surface area contributed by atoms with Crippen LogP contribution in [0.3, 0.4) is 0 Å². The van der Waals surface area contributed by atoms with Crippen LogP contribution in [0.25, 0.3) is 0 Å². The topological polar surface area (TPSA) is 132 Å². The minimum atomic E-state index is -4.87. The first-order chi connectivity index (χ1) is 15.7. The quantitative estimate of drug-likeness (QED) is 0.349. The number of nitrogens with one attached hydrogen (secondary N) is 3. The van der Waals surface area contributed by atoms with Gasteiger partial charge in [0.25, 0.3) is 5.91 Å². The molecule has 0 aliphatic carbocycles. The Morgan fingerprint density at radius 3 is 2.76 bits per heavy atom. The normalized spacial score (nSPS) is 11.2. The van der Waals surface area contributed by atoms with Gasteiger partial charge >= 0.3 is 6.18 Å². The van der Waals surface area contributed by atoms with Crippen molar-refractivity contribution in [1.82, 2.24) is 14.8 Å². The van der Waals surface area contributed by atoms with E-state index in [1.165, 1.54) is 12.1 Å². The maximum atomic E-state index is 13.8. The number of rotatable bonds is 7. The molecule has 168 valence electrons. The van der Waals surface area contributed by atoms with Crippen LogP contribution in [0, 0.1) is 16.7 Å². The number of hydrazone groups is 1. The molecule has 0 fully saturated rings. The summed E-state index contributed by atoms with van der Waals surface area (Å²) in [5, 5.41) is 26.0. The summed E-state index contributed by atoms with van der Waals surface area (Å²) in [5.41, 5.74) is 0.853. The zero-order valence-corrected chi connectivity index (χ0v) is 17.3. The van der Waals surface area contributed by atoms with E-state index in [-0.39, 0.29) is 28.6 Å². The van der Waals surface area contributed by atoms with Gasteiger partial charge in [-0.15, -0.1) is 0 Å². The maximum Gasteiger partial charge on any atom is 0.433 e. The SMILES string of the molecule is N#Cc1cc(NC(=O)c2cnn(Cc3ccccc3Cl)c2C(F)(F)F)cnc1N/N=C\C=N. The van der Waals surface area contributed by atoms with Gasteiger partial charge in [-0.05, 0) is 17.7 Å². The number of anilines is 2. The number of halogens is 4. The fourth-order valence-electron chi connectivity index (χ4n) is 2.80. The van der Waals surface area contributed by atoms with Gasteiger partial charge in [0, 0.05) is 11.2 Å². The predicted octanol–water partition coefficient (Wildman–Crippen LogP) is 4.17. The fraction of sp³-hybridized carbons (Fsp3) is 0.100. The van der Waals surface area contributed by atoms with Crippen LogP contribution in [0.2, 0.25) is 5.02 Å². The van der Waals surface area contributed by atoms with Crippen molar-refractivity contribution in [2.45, 2.75) is 12.7 Å². The lowest BCUT2D eigenvalue weighted by atomic mass is 10.2. The Bertz CT molecular complexity index is 1260. The lowest BCUT2D eigenvalue weighted by molar-refractivity contribution is -0.144. The molecule has 0 bridgehead atoms. The zero-order valence-electron chi connectivity index (χ0n) is 16.6. The van der Waals surface area contributed by atoms with Gasteiger partial charge in [-0.2, -0.15) is 28.6 Å². The van der Waals surface area contributed by atoms with Crippen LogP contribution in [-0.4, -0.2) is 33.1 Å². The number of pyridine rings is 1. The minimum absolute atomic E-state index is 0.00916. The van der Waals surface area contributed by atoms with Gasteiger partial charge in [-0.1, -0.05) is 29.8 Å². The molecule has 1 amide bonds. The molecular formula is C20H14ClF3N8O. The maximum absolute atomic E-state index is 13.8. The van der Waals surface area contributed by atoms with Gasteiger partial charge in [-0.3, -0.25) is 14.9 Å². The first-order valence-corrected chi connectivity index (χ1v) is 9.48. The lowest BCUT2D eigenvalue weighted by Crippen LogP contribution is -2.21. The molecule has 13 heteroatoms. The zero-order chi connectivity index (χ0) is 24.0. The number of nitrogens with zero attached hydrogens (tertiary/aromatic N) is 5. The van der Waals surface area contributed by atoms with Crippen LogP contribution in [-0.2, 0) is 12.7 Å². The first-order valence-electron chi connectivity index (χ1n) is 9.10. The van der Waals surface area contributed by atoms with Crippen LogP contribution in [0.15, 0.2) is 47.8 Å². The Kier molecular flexibility index (Phi) is 7.04. The van der Waals surface area contributed by atoms with Gasteiger partial charge in [-0.25, -0.2) is 4.98 Å². The highest BCUT2D eigenvalue weighted by Gasteiger charge is 2.40. The molecule has 3 N–H and O–H groups in total. The van der Waals surface area contributed by atoms with Crippen molar-refractivity contribution in [3.05, 3.63) is 70.1 Å². The summed E-state index contributed by atoms with van der Waals surface area (Å²) in [6.45, 7) is -0.293. The summed E-state index contributed by atoms with van der Waals surface area (Å²) in [7, 11) is 0. The highest BCUT2D eigenvalue weighted by molar-refractivity contribution is 6.31. The fourth-order valence-corrected chi connectivity index (χ4v) is 3.00. The van der Waals surface area contributed by atoms with Gasteiger partial charge < -0.3 is 10.7 Å². The number of aromatic nitrogens is 3. The van der Waals surface area contributed by atoms with E-state index in [0.29, 0.717) is 10.2 Å². The largest absolute Gasteiger partial charge is 0.433 e. The van der Waals surface area contributed by atoms with E-state index in [4.69, 9.17) is 17.0 Å². The standard InChI is InChI=1S/C20H14ClF3N8O/c21-16-4-2-1-3-12(16)11-32-17(20(22,23)24)15(10-29-32)19(33)30-14-7-13(8-26)18(27-9-14)31-28-6-5-25/h1-7,9-10,25H,11H2,(H,27,31)(H,30,33)/b25-5?,28-6-. The second kappa shape index (κ2) is 9.92. The number of amides is 1. The Labute approximate surface area is 190 Å². The molecule has 0 spiro atoms. The molecular weight excluding hydrogens is 461 g/mol. The minimum Gasteiger partial charge on any atom is -0.320 e. The van der Waals surface area contributed by atoms with E-state index >= 15 is 0 Å². The summed E-state index contributed by atoms with van der Waals surface area (Å²) < 4.78 is 42.0. The van der Waals surface area contributed by atoms with Crippen LogP contribution < -0.4 is 10.7 Å². The number of carbonyl (C=O) groups excluding carboxylic acids is 1. The summed E-state index contributed by atoms with van der Waals surface area (Å²) >= 11 is 6.04. The summed E-state index contributed by atoms with van der Waals surface area (Å²) in [5.74, 6) is -1.04. The molecule has 0 aliphatic rings. The molecule has 2 heterocycles. The molecule has 0 aliphatic heterocycles. The summed E-state index contributed by atoms with van der Waals surface area (Å²) in [4.78, 5) is 16.6. The molecule has 0 saturated carbocycles. The third kappa shape index (κ3) is 5.52. The van der Waals surface area contributed by atoms with Crippen LogP contribution in [0.1, 0.15) is 27.2 Å². The molecule has 1 aromatic carbocycles. The van der Waals surface area contributed by atoms with E-state index < -0.39 is 23.3 Å². The molecule has 0 radical (unpaired) electrons. The third-order valence-electron chi connectivity index (χ3n) is 4.22. The smallest absolute Gasteiger partial charge is 0.320 e. The number of hydrogen-bond acceptors (Lipinski definition) is 7. The van der Waals surface area contributed by atoms with E-state index in [9.17, 15) is 23.2 Å². The third-order valence-corrected chi connectivity index (χ3v) is 4.58. The molecule has 2 aromatic heterocycles. The average Bonchev–Trinajstić information content (AvgIpc) is 3.21. The van der Waals surface area contributed by atoms with Crippen molar-refractivity contribution in [3.8, 4) is 6.07 Å². The number of alkyl halides is 3. The highest BCUT2D eigenvalue weighted by Crippen LogP contribution is 2.33. The van der Waals surface area contributed by atoms with Crippen LogP contribution in [0.4, 0.5) is 24.7 Å². The lowest BCUT2D eigenvalue weighted by Gasteiger charge is -2.13. The van der Waals surface area contributed by atoms with Crippen molar-refractivity contribution >= 4 is 41.4 Å². The van der Waals surface area contributed by atoms with Gasteiger partial charge in [0.05, 0.1) is 42.0 Å². The van der Waals surface area contributed by atoms with Crippen molar-refractivity contribution in [2.24, 2.45) is 5.10 Å². The summed E-state index contributed by atoms with van der Waals surface area (Å²) in [6, 6.07) is 9.41. The van der Waals surface area contributed by atoms with Crippen molar-refractivity contribution in [3.63, 3.8) is 0 Å². The Balaban J connectivity index is 1.89. The average molecular weight is 475 g/mol. The Morgan fingerprint density at radius 2 is 2.09 bits per heavy atom.